The van der Waals surface area contributed by atoms with Gasteiger partial charge in [0.2, 0.25) is 0 Å². The SMILES string of the molecule is O=C(/N=c1\ccc(F)cn1CC1CC1)c1cccc(C(F)(F)F)c1F. The van der Waals surface area contributed by atoms with Gasteiger partial charge in [0.1, 0.15) is 17.1 Å². The van der Waals surface area contributed by atoms with Gasteiger partial charge in [0.05, 0.1) is 11.1 Å². The number of carbonyl (C=O) groups is 1. The smallest absolute Gasteiger partial charge is 0.330 e. The van der Waals surface area contributed by atoms with Gasteiger partial charge in [-0.1, -0.05) is 6.07 Å². The second-order valence-electron chi connectivity index (χ2n) is 5.88. The van der Waals surface area contributed by atoms with Crippen LogP contribution < -0.4 is 5.49 Å². The van der Waals surface area contributed by atoms with E-state index in [1.54, 1.807) is 0 Å². The zero-order valence-corrected chi connectivity index (χ0v) is 12.9. The molecule has 0 N–H and O–H groups in total. The van der Waals surface area contributed by atoms with E-state index in [4.69, 9.17) is 0 Å². The summed E-state index contributed by atoms with van der Waals surface area (Å²) in [5.41, 5.74) is -2.24. The van der Waals surface area contributed by atoms with Crippen molar-refractivity contribution < 1.29 is 26.7 Å². The Morgan fingerprint density at radius 2 is 1.88 bits per heavy atom. The first-order chi connectivity index (χ1) is 11.8. The highest BCUT2D eigenvalue weighted by Crippen LogP contribution is 2.32. The fraction of sp³-hybridized carbons (Fsp3) is 0.294. The Morgan fingerprint density at radius 3 is 2.52 bits per heavy atom. The van der Waals surface area contributed by atoms with Crippen molar-refractivity contribution in [1.82, 2.24) is 4.57 Å². The van der Waals surface area contributed by atoms with Crippen LogP contribution in [-0.2, 0) is 12.7 Å². The Labute approximate surface area is 139 Å². The van der Waals surface area contributed by atoms with Crippen LogP contribution in [0, 0.1) is 17.6 Å². The number of amides is 1. The average molecular weight is 356 g/mol. The highest BCUT2D eigenvalue weighted by atomic mass is 19.4. The number of benzene rings is 1. The van der Waals surface area contributed by atoms with Gasteiger partial charge in [-0.25, -0.2) is 8.78 Å². The summed E-state index contributed by atoms with van der Waals surface area (Å²) in [6, 6.07) is 4.75. The number of carbonyl (C=O) groups excluding carboxylic acids is 1. The van der Waals surface area contributed by atoms with Crippen molar-refractivity contribution >= 4 is 5.91 Å². The minimum absolute atomic E-state index is 0.0649. The second-order valence-corrected chi connectivity index (χ2v) is 5.88. The van der Waals surface area contributed by atoms with Crippen LogP contribution in [0.5, 0.6) is 0 Å². The van der Waals surface area contributed by atoms with Crippen LogP contribution in [0.1, 0.15) is 28.8 Å². The molecule has 0 unspecified atom stereocenters. The quantitative estimate of drug-likeness (QED) is 0.767. The lowest BCUT2D eigenvalue weighted by Crippen LogP contribution is -2.23. The molecule has 132 valence electrons. The summed E-state index contributed by atoms with van der Waals surface area (Å²) < 4.78 is 67.1. The fourth-order valence-corrected chi connectivity index (χ4v) is 2.41. The van der Waals surface area contributed by atoms with Crippen molar-refractivity contribution in [2.75, 3.05) is 0 Å². The van der Waals surface area contributed by atoms with Gasteiger partial charge in [-0.2, -0.15) is 18.2 Å². The van der Waals surface area contributed by atoms with Gasteiger partial charge < -0.3 is 4.57 Å². The fourth-order valence-electron chi connectivity index (χ4n) is 2.41. The number of rotatable bonds is 3. The van der Waals surface area contributed by atoms with Gasteiger partial charge in [0.15, 0.2) is 0 Å². The van der Waals surface area contributed by atoms with Gasteiger partial charge in [0, 0.05) is 12.7 Å². The van der Waals surface area contributed by atoms with Crippen molar-refractivity contribution in [1.29, 1.82) is 0 Å². The minimum atomic E-state index is -4.91. The lowest BCUT2D eigenvalue weighted by Gasteiger charge is -2.10. The zero-order valence-electron chi connectivity index (χ0n) is 12.9. The number of hydrogen-bond donors (Lipinski definition) is 0. The van der Waals surface area contributed by atoms with Crippen LogP contribution in [0.3, 0.4) is 0 Å². The van der Waals surface area contributed by atoms with Crippen molar-refractivity contribution in [3.8, 4) is 0 Å². The third-order valence-corrected chi connectivity index (χ3v) is 3.87. The number of aromatic nitrogens is 1. The topological polar surface area (TPSA) is 34.4 Å². The number of nitrogens with zero attached hydrogens (tertiary/aromatic N) is 2. The maximum atomic E-state index is 14.0. The molecule has 1 amide bonds. The molecule has 1 aliphatic rings. The summed E-state index contributed by atoms with van der Waals surface area (Å²) in [6.07, 6.45) is -1.81. The second kappa shape index (κ2) is 6.42. The lowest BCUT2D eigenvalue weighted by molar-refractivity contribution is -0.140. The molecule has 0 saturated heterocycles. The van der Waals surface area contributed by atoms with Crippen molar-refractivity contribution in [2.24, 2.45) is 10.9 Å². The molecule has 3 nitrogen and oxygen atoms in total. The summed E-state index contributed by atoms with van der Waals surface area (Å²) in [4.78, 5) is 15.9. The molecule has 25 heavy (non-hydrogen) atoms. The molecule has 0 spiro atoms. The Balaban J connectivity index is 2.01. The van der Waals surface area contributed by atoms with Crippen molar-refractivity contribution in [3.63, 3.8) is 0 Å². The standard InChI is InChI=1S/C17H13F5N2O/c18-11-6-7-14(24(9-11)8-10-4-5-10)23-16(25)12-2-1-3-13(15(12)19)17(20,21)22/h1-3,6-7,9-10H,4-5,8H2/b23-14+. The van der Waals surface area contributed by atoms with Gasteiger partial charge in [-0.3, -0.25) is 4.79 Å². The molecule has 0 aliphatic heterocycles. The van der Waals surface area contributed by atoms with Crippen LogP contribution in [0.15, 0.2) is 41.5 Å². The third-order valence-electron chi connectivity index (χ3n) is 3.87. The van der Waals surface area contributed by atoms with E-state index in [-0.39, 0.29) is 5.49 Å². The summed E-state index contributed by atoms with van der Waals surface area (Å²) >= 11 is 0. The molecule has 1 aliphatic carbocycles. The Morgan fingerprint density at radius 1 is 1.16 bits per heavy atom. The van der Waals surface area contributed by atoms with Crippen LogP contribution in [0.4, 0.5) is 22.0 Å². The first kappa shape index (κ1) is 17.3. The highest BCUT2D eigenvalue weighted by Gasteiger charge is 2.35. The number of hydrogen-bond acceptors (Lipinski definition) is 1. The Hall–Kier alpha value is -2.51. The van der Waals surface area contributed by atoms with E-state index < -0.39 is 34.8 Å². The highest BCUT2D eigenvalue weighted by molar-refractivity contribution is 5.95. The van der Waals surface area contributed by atoms with Gasteiger partial charge >= 0.3 is 6.18 Å². The maximum absolute atomic E-state index is 14.0. The monoisotopic (exact) mass is 356 g/mol. The minimum Gasteiger partial charge on any atom is -0.330 e. The first-order valence-corrected chi connectivity index (χ1v) is 7.56. The summed E-state index contributed by atoms with van der Waals surface area (Å²) in [7, 11) is 0. The predicted octanol–water partition coefficient (Wildman–Crippen LogP) is 3.94. The van der Waals surface area contributed by atoms with Crippen LogP contribution in [-0.4, -0.2) is 10.5 Å². The average Bonchev–Trinajstić information content (AvgIpc) is 3.33. The van der Waals surface area contributed by atoms with Gasteiger partial charge in [0.25, 0.3) is 5.91 Å². The van der Waals surface area contributed by atoms with Crippen molar-refractivity contribution in [2.45, 2.75) is 25.6 Å². The zero-order chi connectivity index (χ0) is 18.2. The van der Waals surface area contributed by atoms with E-state index in [1.807, 2.05) is 0 Å². The summed E-state index contributed by atoms with van der Waals surface area (Å²) in [5.74, 6) is -3.00. The van der Waals surface area contributed by atoms with E-state index in [1.165, 1.54) is 10.6 Å². The van der Waals surface area contributed by atoms with Gasteiger partial charge in [-0.15, -0.1) is 0 Å². The third kappa shape index (κ3) is 3.94. The Kier molecular flexibility index (Phi) is 4.45. The molecule has 1 aromatic carbocycles. The maximum Gasteiger partial charge on any atom is 0.419 e. The lowest BCUT2D eigenvalue weighted by atomic mass is 10.1. The molecule has 3 rings (SSSR count). The molecule has 8 heteroatoms. The molecule has 0 radical (unpaired) electrons. The largest absolute Gasteiger partial charge is 0.419 e. The normalized spacial score (nSPS) is 15.5. The summed E-state index contributed by atoms with van der Waals surface area (Å²) in [6.45, 7) is 0.439. The molecular formula is C17H13F5N2O. The van der Waals surface area contributed by atoms with Gasteiger partial charge in [-0.05, 0) is 43.0 Å². The van der Waals surface area contributed by atoms with E-state index in [9.17, 15) is 26.7 Å². The molecule has 1 heterocycles. The predicted molar refractivity (Wildman–Crippen MR) is 78.4 cm³/mol. The van der Waals surface area contributed by atoms with Crippen molar-refractivity contribution in [3.05, 3.63) is 64.8 Å². The van der Waals surface area contributed by atoms with Crippen LogP contribution >= 0.6 is 0 Å². The van der Waals surface area contributed by atoms with E-state index >= 15 is 0 Å². The van der Waals surface area contributed by atoms with Crippen LogP contribution in [0.2, 0.25) is 0 Å². The number of pyridine rings is 1. The summed E-state index contributed by atoms with van der Waals surface area (Å²) in [5, 5.41) is 0. The molecule has 1 fully saturated rings. The van der Waals surface area contributed by atoms with E-state index in [2.05, 4.69) is 4.99 Å². The first-order valence-electron chi connectivity index (χ1n) is 7.56. The molecule has 1 saturated carbocycles. The molecule has 1 aromatic heterocycles. The Bertz CT molecular complexity index is 881. The van der Waals surface area contributed by atoms with E-state index in [0.717, 1.165) is 37.2 Å². The molecule has 0 atom stereocenters. The molecule has 2 aromatic rings. The number of halogens is 5. The van der Waals surface area contributed by atoms with E-state index in [0.29, 0.717) is 18.5 Å². The van der Waals surface area contributed by atoms with Crippen LogP contribution in [0.25, 0.3) is 0 Å². The number of alkyl halides is 3. The molecule has 0 bridgehead atoms. The molecular weight excluding hydrogens is 343 g/mol.